The Bertz CT molecular complexity index is 1110. The van der Waals surface area contributed by atoms with Gasteiger partial charge >= 0.3 is 6.03 Å². The van der Waals surface area contributed by atoms with Crippen LogP contribution < -0.4 is 20.7 Å². The van der Waals surface area contributed by atoms with E-state index in [1.807, 2.05) is 6.92 Å². The summed E-state index contributed by atoms with van der Waals surface area (Å²) >= 11 is 0. The van der Waals surface area contributed by atoms with Crippen molar-refractivity contribution in [3.05, 3.63) is 48.5 Å². The van der Waals surface area contributed by atoms with Gasteiger partial charge in [0.25, 0.3) is 0 Å². The van der Waals surface area contributed by atoms with Crippen molar-refractivity contribution in [2.75, 3.05) is 30.3 Å². The van der Waals surface area contributed by atoms with Crippen molar-refractivity contribution in [3.63, 3.8) is 0 Å². The molecule has 3 N–H and O–H groups in total. The number of nitrogens with one attached hydrogen (secondary N) is 3. The summed E-state index contributed by atoms with van der Waals surface area (Å²) < 4.78 is 32.7. The molecule has 3 amide bonds. The van der Waals surface area contributed by atoms with Crippen molar-refractivity contribution in [2.45, 2.75) is 43.5 Å². The van der Waals surface area contributed by atoms with Crippen LogP contribution in [0.5, 0.6) is 5.75 Å². The number of ether oxygens (including phenoxy) is 1. The normalized spacial score (nSPS) is 17.1. The van der Waals surface area contributed by atoms with Gasteiger partial charge in [-0.25, -0.2) is 13.2 Å². The third kappa shape index (κ3) is 6.06. The van der Waals surface area contributed by atoms with Crippen LogP contribution in [-0.2, 0) is 14.8 Å². The molecule has 0 radical (unpaired) electrons. The molecule has 1 heterocycles. The average Bonchev–Trinajstić information content (AvgIpc) is 3.65. The molecular weight excluding hydrogens is 456 g/mol. The molecule has 34 heavy (non-hydrogen) atoms. The Balaban J connectivity index is 1.27. The number of carbonyl (C=O) groups is 2. The number of carbonyl (C=O) groups excluding carboxylic acids is 2. The molecule has 2 aliphatic rings. The van der Waals surface area contributed by atoms with E-state index < -0.39 is 10.0 Å². The maximum absolute atomic E-state index is 12.9. The molecular formula is C24H30N4O5S. The Morgan fingerprint density at radius 2 is 1.50 bits per heavy atom. The van der Waals surface area contributed by atoms with Gasteiger partial charge in [0.05, 0.1) is 11.5 Å². The van der Waals surface area contributed by atoms with E-state index >= 15 is 0 Å². The molecule has 1 aliphatic carbocycles. The third-order valence-electron chi connectivity index (χ3n) is 5.92. The summed E-state index contributed by atoms with van der Waals surface area (Å²) in [4.78, 5) is 24.7. The standard InChI is InChI=1S/C24H30N4O5S/c1-2-33-21-9-11-22(12-10-21)34(31,32)28-15-13-17(14-16-28)23(29)25-18-3-5-19(6-4-18)26-24(30)27-20-7-8-20/h3-6,9-12,17,20H,2,7-8,13-16H2,1H3,(H,25,29)(H2,26,27,30). The Kier molecular flexibility index (Phi) is 7.38. The molecule has 1 saturated carbocycles. The number of hydrogen-bond acceptors (Lipinski definition) is 5. The van der Waals surface area contributed by atoms with Crippen LogP contribution in [0.15, 0.2) is 53.4 Å². The molecule has 4 rings (SSSR count). The minimum Gasteiger partial charge on any atom is -0.494 e. The Labute approximate surface area is 199 Å². The van der Waals surface area contributed by atoms with Crippen molar-refractivity contribution in [2.24, 2.45) is 5.92 Å². The minimum absolute atomic E-state index is 0.134. The predicted octanol–water partition coefficient (Wildman–Crippen LogP) is 3.41. The zero-order valence-electron chi connectivity index (χ0n) is 19.1. The van der Waals surface area contributed by atoms with E-state index in [2.05, 4.69) is 16.0 Å². The second-order valence-corrected chi connectivity index (χ2v) is 10.5. The van der Waals surface area contributed by atoms with Crippen molar-refractivity contribution in [1.82, 2.24) is 9.62 Å². The topological polar surface area (TPSA) is 117 Å². The highest BCUT2D eigenvalue weighted by Gasteiger charge is 2.32. The average molecular weight is 487 g/mol. The zero-order chi connectivity index (χ0) is 24.1. The second kappa shape index (κ2) is 10.4. The summed E-state index contributed by atoms with van der Waals surface area (Å²) in [6.07, 6.45) is 2.93. The number of anilines is 2. The highest BCUT2D eigenvalue weighted by molar-refractivity contribution is 7.89. The van der Waals surface area contributed by atoms with Crippen molar-refractivity contribution in [3.8, 4) is 5.75 Å². The lowest BCUT2D eigenvalue weighted by molar-refractivity contribution is -0.120. The molecule has 0 unspecified atom stereocenters. The van der Waals surface area contributed by atoms with E-state index in [9.17, 15) is 18.0 Å². The van der Waals surface area contributed by atoms with E-state index in [0.29, 0.717) is 36.6 Å². The molecule has 0 aromatic heterocycles. The third-order valence-corrected chi connectivity index (χ3v) is 7.83. The second-order valence-electron chi connectivity index (χ2n) is 8.52. The van der Waals surface area contributed by atoms with E-state index in [4.69, 9.17) is 4.74 Å². The van der Waals surface area contributed by atoms with Crippen LogP contribution in [-0.4, -0.2) is 50.4 Å². The van der Waals surface area contributed by atoms with E-state index in [0.717, 1.165) is 12.8 Å². The fourth-order valence-electron chi connectivity index (χ4n) is 3.84. The maximum atomic E-state index is 12.9. The van der Waals surface area contributed by atoms with E-state index in [-0.39, 0.29) is 41.9 Å². The van der Waals surface area contributed by atoms with Gasteiger partial charge < -0.3 is 20.7 Å². The summed E-state index contributed by atoms with van der Waals surface area (Å²) in [5.74, 6) is 0.223. The molecule has 0 spiro atoms. The molecule has 0 atom stereocenters. The summed E-state index contributed by atoms with van der Waals surface area (Å²) in [5, 5.41) is 8.51. The van der Waals surface area contributed by atoms with Crippen LogP contribution in [0.4, 0.5) is 16.2 Å². The van der Waals surface area contributed by atoms with Crippen LogP contribution in [0.2, 0.25) is 0 Å². The lowest BCUT2D eigenvalue weighted by Gasteiger charge is -2.30. The first-order chi connectivity index (χ1) is 16.3. The maximum Gasteiger partial charge on any atom is 0.319 e. The van der Waals surface area contributed by atoms with Crippen molar-refractivity contribution < 1.29 is 22.7 Å². The van der Waals surface area contributed by atoms with Crippen LogP contribution >= 0.6 is 0 Å². The molecule has 0 bridgehead atoms. The predicted molar refractivity (Wildman–Crippen MR) is 129 cm³/mol. The van der Waals surface area contributed by atoms with Crippen LogP contribution in [0.1, 0.15) is 32.6 Å². The number of rotatable bonds is 8. The van der Waals surface area contributed by atoms with Gasteiger partial charge in [0.1, 0.15) is 5.75 Å². The summed E-state index contributed by atoms with van der Waals surface area (Å²) in [5.41, 5.74) is 1.27. The number of piperidine rings is 1. The SMILES string of the molecule is CCOc1ccc(S(=O)(=O)N2CCC(C(=O)Nc3ccc(NC(=O)NC4CC4)cc3)CC2)cc1. The van der Waals surface area contributed by atoms with Crippen molar-refractivity contribution >= 4 is 33.3 Å². The van der Waals surface area contributed by atoms with Gasteiger partial charge in [0.15, 0.2) is 0 Å². The number of sulfonamides is 1. The highest BCUT2D eigenvalue weighted by atomic mass is 32.2. The number of urea groups is 1. The quantitative estimate of drug-likeness (QED) is 0.529. The molecule has 1 saturated heterocycles. The highest BCUT2D eigenvalue weighted by Crippen LogP contribution is 2.26. The van der Waals surface area contributed by atoms with Crippen LogP contribution in [0.3, 0.4) is 0 Å². The lowest BCUT2D eigenvalue weighted by atomic mass is 9.97. The monoisotopic (exact) mass is 486 g/mol. The van der Waals surface area contributed by atoms with Gasteiger partial charge in [-0.2, -0.15) is 4.31 Å². The molecule has 9 nitrogen and oxygen atoms in total. The van der Waals surface area contributed by atoms with E-state index in [1.54, 1.807) is 48.5 Å². The largest absolute Gasteiger partial charge is 0.494 e. The number of nitrogens with zero attached hydrogens (tertiary/aromatic N) is 1. The summed E-state index contributed by atoms with van der Waals surface area (Å²) in [6.45, 7) is 2.95. The first-order valence-corrected chi connectivity index (χ1v) is 13.0. The first kappa shape index (κ1) is 24.0. The number of hydrogen-bond donors (Lipinski definition) is 3. The van der Waals surface area contributed by atoms with Crippen molar-refractivity contribution in [1.29, 1.82) is 0 Å². The summed E-state index contributed by atoms with van der Waals surface area (Å²) in [6, 6.07) is 13.4. The zero-order valence-corrected chi connectivity index (χ0v) is 19.9. The first-order valence-electron chi connectivity index (χ1n) is 11.6. The molecule has 10 heteroatoms. The minimum atomic E-state index is -3.61. The molecule has 1 aliphatic heterocycles. The lowest BCUT2D eigenvalue weighted by Crippen LogP contribution is -2.41. The van der Waals surface area contributed by atoms with Gasteiger partial charge in [-0.05, 0) is 81.1 Å². The van der Waals surface area contributed by atoms with Gasteiger partial charge in [-0.15, -0.1) is 0 Å². The summed E-state index contributed by atoms with van der Waals surface area (Å²) in [7, 11) is -3.61. The number of benzene rings is 2. The van der Waals surface area contributed by atoms with Gasteiger partial charge in [-0.1, -0.05) is 0 Å². The Morgan fingerprint density at radius 1 is 0.912 bits per heavy atom. The smallest absolute Gasteiger partial charge is 0.319 e. The van der Waals surface area contributed by atoms with Crippen LogP contribution in [0.25, 0.3) is 0 Å². The number of amides is 3. The van der Waals surface area contributed by atoms with Crippen LogP contribution in [0, 0.1) is 5.92 Å². The fourth-order valence-corrected chi connectivity index (χ4v) is 5.31. The van der Waals surface area contributed by atoms with Gasteiger partial charge in [-0.3, -0.25) is 4.79 Å². The molecule has 2 fully saturated rings. The Morgan fingerprint density at radius 3 is 2.06 bits per heavy atom. The van der Waals surface area contributed by atoms with Gasteiger partial charge in [0, 0.05) is 36.4 Å². The molecule has 2 aromatic carbocycles. The van der Waals surface area contributed by atoms with Gasteiger partial charge in [0.2, 0.25) is 15.9 Å². The molecule has 182 valence electrons. The molecule has 2 aromatic rings. The fraction of sp³-hybridized carbons (Fsp3) is 0.417. The van der Waals surface area contributed by atoms with E-state index in [1.165, 1.54) is 4.31 Å². The Hall–Kier alpha value is -3.11.